The highest BCUT2D eigenvalue weighted by molar-refractivity contribution is 7.89. The van der Waals surface area contributed by atoms with Crippen molar-refractivity contribution < 1.29 is 17.2 Å². The van der Waals surface area contributed by atoms with Gasteiger partial charge in [-0.05, 0) is 48.2 Å². The van der Waals surface area contributed by atoms with Gasteiger partial charge < -0.3 is 0 Å². The molecule has 1 saturated carbocycles. The SMILES string of the molecule is CC1CC1(CNS(=O)(=O)c1ccc(Cl)cc1)c1ccc(F)cc1F. The summed E-state index contributed by atoms with van der Waals surface area (Å²) in [7, 11) is -3.73. The minimum Gasteiger partial charge on any atom is -0.210 e. The first-order valence-corrected chi connectivity index (χ1v) is 9.31. The van der Waals surface area contributed by atoms with Crippen molar-refractivity contribution in [3.05, 3.63) is 64.7 Å². The first kappa shape index (κ1) is 17.3. The Labute approximate surface area is 144 Å². The van der Waals surface area contributed by atoms with Crippen LogP contribution in [0.1, 0.15) is 18.9 Å². The van der Waals surface area contributed by atoms with E-state index in [-0.39, 0.29) is 17.4 Å². The number of halogens is 3. The molecular formula is C17H16ClF2NO2S. The molecule has 0 heterocycles. The standard InChI is InChI=1S/C17H16ClF2NO2S/c1-11-9-17(11,15-7-4-13(19)8-16(15)20)10-21-24(22,23)14-5-2-12(18)3-6-14/h2-8,11,21H,9-10H2,1H3. The molecule has 1 aliphatic rings. The molecule has 7 heteroatoms. The lowest BCUT2D eigenvalue weighted by Gasteiger charge is -2.19. The Morgan fingerprint density at radius 2 is 1.83 bits per heavy atom. The van der Waals surface area contributed by atoms with Crippen LogP contribution in [0.5, 0.6) is 0 Å². The molecule has 2 aromatic carbocycles. The number of nitrogens with one attached hydrogen (secondary N) is 1. The summed E-state index contributed by atoms with van der Waals surface area (Å²) in [6.45, 7) is 1.97. The molecule has 128 valence electrons. The largest absolute Gasteiger partial charge is 0.240 e. The van der Waals surface area contributed by atoms with Gasteiger partial charge in [0.1, 0.15) is 11.6 Å². The molecule has 0 spiro atoms. The molecule has 0 amide bonds. The van der Waals surface area contributed by atoms with Gasteiger partial charge in [0.15, 0.2) is 0 Å². The highest BCUT2D eigenvalue weighted by atomic mass is 35.5. The summed E-state index contributed by atoms with van der Waals surface area (Å²) >= 11 is 5.76. The zero-order valence-electron chi connectivity index (χ0n) is 12.9. The molecule has 0 saturated heterocycles. The lowest BCUT2D eigenvalue weighted by molar-refractivity contribution is 0.518. The molecular weight excluding hydrogens is 356 g/mol. The van der Waals surface area contributed by atoms with Gasteiger partial charge in [-0.3, -0.25) is 0 Å². The van der Waals surface area contributed by atoms with Crippen molar-refractivity contribution in [2.45, 2.75) is 23.7 Å². The zero-order chi connectivity index (χ0) is 17.5. The van der Waals surface area contributed by atoms with E-state index in [4.69, 9.17) is 11.6 Å². The van der Waals surface area contributed by atoms with Gasteiger partial charge in [-0.25, -0.2) is 21.9 Å². The monoisotopic (exact) mass is 371 g/mol. The molecule has 3 nitrogen and oxygen atoms in total. The highest BCUT2D eigenvalue weighted by Crippen LogP contribution is 2.54. The fourth-order valence-corrected chi connectivity index (χ4v) is 4.25. The van der Waals surface area contributed by atoms with Crippen LogP contribution in [0.2, 0.25) is 5.02 Å². The molecule has 2 aromatic rings. The van der Waals surface area contributed by atoms with E-state index in [0.29, 0.717) is 17.0 Å². The summed E-state index contributed by atoms with van der Waals surface area (Å²) in [5.41, 5.74) is -0.299. The van der Waals surface area contributed by atoms with Gasteiger partial charge >= 0.3 is 0 Å². The van der Waals surface area contributed by atoms with Gasteiger partial charge in [0, 0.05) is 23.0 Å². The predicted octanol–water partition coefficient (Wildman–Crippen LogP) is 3.87. The van der Waals surface area contributed by atoms with E-state index in [1.807, 2.05) is 6.92 Å². The first-order valence-electron chi connectivity index (χ1n) is 7.45. The van der Waals surface area contributed by atoms with Crippen LogP contribution in [0.25, 0.3) is 0 Å². The summed E-state index contributed by atoms with van der Waals surface area (Å²) in [6, 6.07) is 9.22. The number of hydrogen-bond acceptors (Lipinski definition) is 2. The second kappa shape index (κ2) is 6.10. The quantitative estimate of drug-likeness (QED) is 0.867. The van der Waals surface area contributed by atoms with Crippen molar-refractivity contribution in [3.8, 4) is 0 Å². The average molecular weight is 372 g/mol. The van der Waals surface area contributed by atoms with Gasteiger partial charge in [-0.15, -0.1) is 0 Å². The molecule has 2 unspecified atom stereocenters. The molecule has 1 fully saturated rings. The van der Waals surface area contributed by atoms with Crippen LogP contribution in [-0.4, -0.2) is 15.0 Å². The Morgan fingerprint density at radius 3 is 2.38 bits per heavy atom. The normalized spacial score (nSPS) is 23.2. The smallest absolute Gasteiger partial charge is 0.210 e. The average Bonchev–Trinajstić information content (AvgIpc) is 3.17. The maximum atomic E-state index is 14.1. The van der Waals surface area contributed by atoms with Crippen molar-refractivity contribution in [2.24, 2.45) is 5.92 Å². The minimum absolute atomic E-state index is 0.0572. The Kier molecular flexibility index (Phi) is 4.40. The molecule has 0 aromatic heterocycles. The predicted molar refractivity (Wildman–Crippen MR) is 88.5 cm³/mol. The third-order valence-electron chi connectivity index (χ3n) is 4.62. The van der Waals surface area contributed by atoms with Crippen molar-refractivity contribution in [2.75, 3.05) is 6.54 Å². The fourth-order valence-electron chi connectivity index (χ4n) is 3.02. The molecule has 1 N–H and O–H groups in total. The summed E-state index contributed by atoms with van der Waals surface area (Å²) in [5.74, 6) is -1.20. The van der Waals surface area contributed by atoms with Gasteiger partial charge in [-0.1, -0.05) is 24.6 Å². The Hall–Kier alpha value is -1.50. The molecule has 0 aliphatic heterocycles. The van der Waals surface area contributed by atoms with Gasteiger partial charge in [0.2, 0.25) is 10.0 Å². The summed E-state index contributed by atoms with van der Waals surface area (Å²) in [4.78, 5) is 0.0925. The molecule has 24 heavy (non-hydrogen) atoms. The highest BCUT2D eigenvalue weighted by Gasteiger charge is 2.53. The maximum Gasteiger partial charge on any atom is 0.240 e. The second-order valence-corrected chi connectivity index (χ2v) is 8.37. The Morgan fingerprint density at radius 1 is 1.21 bits per heavy atom. The second-order valence-electron chi connectivity index (χ2n) is 6.16. The number of rotatable bonds is 5. The van der Waals surface area contributed by atoms with Crippen LogP contribution in [0.3, 0.4) is 0 Å². The van der Waals surface area contributed by atoms with Crippen LogP contribution in [0.15, 0.2) is 47.4 Å². The van der Waals surface area contributed by atoms with Crippen molar-refractivity contribution >= 4 is 21.6 Å². The third kappa shape index (κ3) is 3.18. The summed E-state index contributed by atoms with van der Waals surface area (Å²) in [5, 5.41) is 0.439. The van der Waals surface area contributed by atoms with Crippen molar-refractivity contribution in [3.63, 3.8) is 0 Å². The van der Waals surface area contributed by atoms with E-state index in [2.05, 4.69) is 4.72 Å². The molecule has 0 radical (unpaired) electrons. The van der Waals surface area contributed by atoms with E-state index in [1.54, 1.807) is 0 Å². The van der Waals surface area contributed by atoms with Gasteiger partial charge in [0.05, 0.1) is 4.90 Å². The van der Waals surface area contributed by atoms with Crippen LogP contribution < -0.4 is 4.72 Å². The number of sulfonamides is 1. The third-order valence-corrected chi connectivity index (χ3v) is 6.29. The topological polar surface area (TPSA) is 46.2 Å². The van der Waals surface area contributed by atoms with E-state index >= 15 is 0 Å². The van der Waals surface area contributed by atoms with Crippen LogP contribution in [0, 0.1) is 17.6 Å². The molecule has 1 aliphatic carbocycles. The fraction of sp³-hybridized carbons (Fsp3) is 0.294. The zero-order valence-corrected chi connectivity index (χ0v) is 14.5. The van der Waals surface area contributed by atoms with Crippen molar-refractivity contribution in [1.29, 1.82) is 0 Å². The Bertz CT molecular complexity index is 871. The first-order chi connectivity index (χ1) is 11.2. The summed E-state index contributed by atoms with van der Waals surface area (Å²) in [6.07, 6.45) is 0.638. The van der Waals surface area contributed by atoms with E-state index in [0.717, 1.165) is 6.07 Å². The summed E-state index contributed by atoms with van der Waals surface area (Å²) < 4.78 is 54.5. The van der Waals surface area contributed by atoms with Crippen molar-refractivity contribution in [1.82, 2.24) is 4.72 Å². The number of hydrogen-bond donors (Lipinski definition) is 1. The van der Waals surface area contributed by atoms with Crippen LogP contribution in [0.4, 0.5) is 8.78 Å². The lowest BCUT2D eigenvalue weighted by atomic mass is 9.93. The van der Waals surface area contributed by atoms with E-state index < -0.39 is 27.1 Å². The van der Waals surface area contributed by atoms with Gasteiger partial charge in [0.25, 0.3) is 0 Å². The lowest BCUT2D eigenvalue weighted by Crippen LogP contribution is -2.33. The van der Waals surface area contributed by atoms with Gasteiger partial charge in [-0.2, -0.15) is 0 Å². The molecule has 0 bridgehead atoms. The van der Waals surface area contributed by atoms with Crippen LogP contribution >= 0.6 is 11.6 Å². The van der Waals surface area contributed by atoms with E-state index in [1.165, 1.54) is 36.4 Å². The minimum atomic E-state index is -3.73. The number of benzene rings is 2. The van der Waals surface area contributed by atoms with Crippen LogP contribution in [-0.2, 0) is 15.4 Å². The van der Waals surface area contributed by atoms with E-state index in [9.17, 15) is 17.2 Å². The molecule has 3 rings (SSSR count). The molecule has 2 atom stereocenters. The maximum absolute atomic E-state index is 14.1. The Balaban J connectivity index is 1.83.